The third kappa shape index (κ3) is 7.68. The summed E-state index contributed by atoms with van der Waals surface area (Å²) in [6.07, 6.45) is 3.42. The summed E-state index contributed by atoms with van der Waals surface area (Å²) in [4.78, 5) is 7.63. The smallest absolute Gasteiger partial charge is 0.251 e. The van der Waals surface area contributed by atoms with Crippen LogP contribution in [0.2, 0.25) is 0 Å². The molecule has 2 aliphatic heterocycles. The van der Waals surface area contributed by atoms with Crippen molar-refractivity contribution in [2.24, 2.45) is 0 Å². The highest BCUT2D eigenvalue weighted by Crippen LogP contribution is 2.51. The molecule has 4 nitrogen and oxygen atoms in total. The molecule has 2 aliphatic rings. The largest absolute Gasteiger partial charge is 0.311 e. The van der Waals surface area contributed by atoms with Crippen LogP contribution in [-0.4, -0.2) is 11.3 Å². The molecule has 0 fully saturated rings. The van der Waals surface area contributed by atoms with E-state index in [4.69, 9.17) is 0 Å². The predicted molar refractivity (Wildman–Crippen MR) is 312 cm³/mol. The Bertz CT molecular complexity index is 3580. The molecule has 5 heteroatoms. The molecule has 0 radical (unpaired) electrons. The van der Waals surface area contributed by atoms with Crippen LogP contribution in [0.3, 0.4) is 0 Å². The molecule has 3 heterocycles. The van der Waals surface area contributed by atoms with Crippen LogP contribution < -0.4 is 25.6 Å². The zero-order valence-electron chi connectivity index (χ0n) is 44.3. The van der Waals surface area contributed by atoms with E-state index < -0.39 is 0 Å². The number of aromatic nitrogens is 1. The van der Waals surface area contributed by atoms with E-state index >= 15 is 0 Å². The van der Waals surface area contributed by atoms with Gasteiger partial charge in [-0.3, -0.25) is 0 Å². The van der Waals surface area contributed by atoms with Crippen molar-refractivity contribution in [3.05, 3.63) is 220 Å². The van der Waals surface area contributed by atoms with Gasteiger partial charge in [0.05, 0.1) is 16.7 Å². The molecule has 11 rings (SSSR count). The summed E-state index contributed by atoms with van der Waals surface area (Å²) in [6.45, 7) is 27.5. The molecule has 0 saturated carbocycles. The number of benzene rings is 8. The lowest BCUT2D eigenvalue weighted by atomic mass is 9.32. The predicted octanol–water partition coefficient (Wildman–Crippen LogP) is 17.5. The summed E-state index contributed by atoms with van der Waals surface area (Å²) < 4.78 is 2.46. The van der Waals surface area contributed by atoms with Crippen molar-refractivity contribution in [2.45, 2.75) is 100 Å². The van der Waals surface area contributed by atoms with E-state index in [9.17, 15) is 0 Å². The van der Waals surface area contributed by atoms with Crippen molar-refractivity contribution in [1.29, 1.82) is 0 Å². The van der Waals surface area contributed by atoms with E-state index in [0.29, 0.717) is 0 Å². The van der Waals surface area contributed by atoms with E-state index in [-0.39, 0.29) is 17.5 Å². The highest BCUT2D eigenvalue weighted by atomic mass is 15.2. The summed E-state index contributed by atoms with van der Waals surface area (Å²) in [5, 5.41) is 2.58. The minimum Gasteiger partial charge on any atom is -0.311 e. The minimum absolute atomic E-state index is 0.0268. The Morgan fingerprint density at radius 2 is 1.03 bits per heavy atom. The Morgan fingerprint density at radius 1 is 0.514 bits per heavy atom. The molecule has 1 aromatic heterocycles. The molecule has 0 aliphatic carbocycles. The summed E-state index contributed by atoms with van der Waals surface area (Å²) in [5.41, 5.74) is 25.9. The van der Waals surface area contributed by atoms with Gasteiger partial charge in [0, 0.05) is 62.0 Å². The maximum atomic E-state index is 2.59. The van der Waals surface area contributed by atoms with Crippen molar-refractivity contribution in [3.8, 4) is 5.69 Å². The Balaban J connectivity index is 1.19. The van der Waals surface area contributed by atoms with Crippen molar-refractivity contribution in [2.75, 3.05) is 14.7 Å². The van der Waals surface area contributed by atoms with Crippen LogP contribution in [0.25, 0.3) is 27.5 Å². The fraction of sp³-hybridized carbons (Fsp3) is 0.224. The number of aryl methyl sites for hydroxylation is 3. The van der Waals surface area contributed by atoms with E-state index in [0.717, 1.165) is 29.2 Å². The van der Waals surface area contributed by atoms with Gasteiger partial charge in [-0.2, -0.15) is 0 Å². The quantitative estimate of drug-likeness (QED) is 0.148. The standard InChI is InChI=1S/C67H67BN4/c1-13-22-55-64(43(2)3)71(57-29-19-17-23-44(57)4)61-41-52(42-62-63(61)68(55)56-28-21-25-46(6)65(56)72(62)58-30-20-18-24-45(58)5)69(49-26-15-14-16-27-49)50-33-35-51(36-34-50)70-59-37-31-47(66(7,8)9)39-53(59)54-40-48(67(10,11)12)32-38-60(54)70/h14-42H,13H2,1-12H3/b55-22+. The van der Waals surface area contributed by atoms with Crippen LogP contribution in [0.1, 0.15) is 96.6 Å². The van der Waals surface area contributed by atoms with Crippen molar-refractivity contribution in [3.63, 3.8) is 0 Å². The molecule has 0 amide bonds. The summed E-state index contributed by atoms with van der Waals surface area (Å²) in [6, 6.07) is 64.1. The Morgan fingerprint density at radius 3 is 1.57 bits per heavy atom. The Kier molecular flexibility index (Phi) is 11.5. The summed E-state index contributed by atoms with van der Waals surface area (Å²) in [5.74, 6) is 0. The SMILES string of the molecule is CC/C=C1/B2c3cccc(C)c3N(c3ccccc3C)c3cc(N(c4ccccc4)c4ccc(-n5c6ccc(C(C)(C)C)cc6c6cc(C(C)(C)C)ccc65)cc4)cc(c32)N(c2ccccc2C)C1=C(C)C. The fourth-order valence-electron chi connectivity index (χ4n) is 11.7. The van der Waals surface area contributed by atoms with Gasteiger partial charge in [0.2, 0.25) is 0 Å². The van der Waals surface area contributed by atoms with Crippen molar-refractivity contribution >= 4 is 84.9 Å². The van der Waals surface area contributed by atoms with E-state index in [1.165, 1.54) is 106 Å². The third-order valence-corrected chi connectivity index (χ3v) is 15.2. The maximum absolute atomic E-state index is 2.59. The Hall–Kier alpha value is -7.50. The second-order valence-corrected chi connectivity index (χ2v) is 22.5. The minimum atomic E-state index is 0.0268. The summed E-state index contributed by atoms with van der Waals surface area (Å²) >= 11 is 0. The van der Waals surface area contributed by atoms with Crippen LogP contribution >= 0.6 is 0 Å². The molecule has 0 N–H and O–H groups in total. The van der Waals surface area contributed by atoms with Gasteiger partial charge in [-0.05, 0) is 181 Å². The van der Waals surface area contributed by atoms with Crippen LogP contribution in [0.5, 0.6) is 0 Å². The molecule has 0 atom stereocenters. The fourth-order valence-corrected chi connectivity index (χ4v) is 11.7. The van der Waals surface area contributed by atoms with Gasteiger partial charge in [0.25, 0.3) is 6.71 Å². The first-order chi connectivity index (χ1) is 34.5. The molecule has 72 heavy (non-hydrogen) atoms. The number of hydrogen-bond donors (Lipinski definition) is 0. The molecule has 0 spiro atoms. The van der Waals surface area contributed by atoms with Crippen molar-refractivity contribution in [1.82, 2.24) is 4.57 Å². The second kappa shape index (κ2) is 17.7. The van der Waals surface area contributed by atoms with Gasteiger partial charge in [-0.1, -0.05) is 145 Å². The molecular formula is C67H67BN4. The van der Waals surface area contributed by atoms with E-state index in [2.05, 4.69) is 278 Å². The van der Waals surface area contributed by atoms with Gasteiger partial charge in [0.15, 0.2) is 0 Å². The van der Waals surface area contributed by atoms with E-state index in [1.54, 1.807) is 0 Å². The van der Waals surface area contributed by atoms with Gasteiger partial charge in [0.1, 0.15) is 0 Å². The van der Waals surface area contributed by atoms with Gasteiger partial charge in [-0.25, -0.2) is 0 Å². The number of hydrogen-bond acceptors (Lipinski definition) is 3. The number of nitrogens with zero attached hydrogens (tertiary/aromatic N) is 4. The van der Waals surface area contributed by atoms with Gasteiger partial charge in [-0.15, -0.1) is 0 Å². The first-order valence-electron chi connectivity index (χ1n) is 26.0. The number of para-hydroxylation sites is 4. The third-order valence-electron chi connectivity index (χ3n) is 15.2. The second-order valence-electron chi connectivity index (χ2n) is 22.5. The van der Waals surface area contributed by atoms with E-state index in [1.807, 2.05) is 0 Å². The highest BCUT2D eigenvalue weighted by Gasteiger charge is 2.46. The lowest BCUT2D eigenvalue weighted by Crippen LogP contribution is -2.57. The lowest BCUT2D eigenvalue weighted by Gasteiger charge is -2.47. The van der Waals surface area contributed by atoms with Crippen LogP contribution in [0, 0.1) is 20.8 Å². The Labute approximate surface area is 428 Å². The average Bonchev–Trinajstić information content (AvgIpc) is 3.68. The highest BCUT2D eigenvalue weighted by molar-refractivity contribution is 6.96. The molecular weight excluding hydrogens is 872 g/mol. The molecule has 9 aromatic rings. The number of allylic oxidation sites excluding steroid dienone is 3. The van der Waals surface area contributed by atoms with Crippen LogP contribution in [0.15, 0.2) is 193 Å². The number of fused-ring (bicyclic) bond motifs is 5. The molecule has 0 bridgehead atoms. The monoisotopic (exact) mass is 939 g/mol. The molecule has 358 valence electrons. The first-order valence-corrected chi connectivity index (χ1v) is 26.0. The number of rotatable bonds is 7. The number of anilines is 8. The van der Waals surface area contributed by atoms with Crippen molar-refractivity contribution < 1.29 is 0 Å². The average molecular weight is 939 g/mol. The maximum Gasteiger partial charge on any atom is 0.251 e. The lowest BCUT2D eigenvalue weighted by molar-refractivity contribution is 0.590. The zero-order valence-corrected chi connectivity index (χ0v) is 44.3. The van der Waals surface area contributed by atoms with Crippen LogP contribution in [-0.2, 0) is 10.8 Å². The molecule has 0 saturated heterocycles. The normalized spacial score (nSPS) is 14.1. The first kappa shape index (κ1) is 46.9. The van der Waals surface area contributed by atoms with Gasteiger partial charge < -0.3 is 19.3 Å². The van der Waals surface area contributed by atoms with Crippen LogP contribution in [0.4, 0.5) is 45.5 Å². The molecule has 0 unspecified atom stereocenters. The topological polar surface area (TPSA) is 14.7 Å². The van der Waals surface area contributed by atoms with Gasteiger partial charge >= 0.3 is 0 Å². The zero-order chi connectivity index (χ0) is 50.4. The summed E-state index contributed by atoms with van der Waals surface area (Å²) in [7, 11) is 0. The molecule has 8 aromatic carbocycles.